The van der Waals surface area contributed by atoms with Crippen molar-refractivity contribution in [2.45, 2.75) is 31.2 Å². The lowest BCUT2D eigenvalue weighted by Crippen LogP contribution is -2.40. The number of hydrogen-bond acceptors (Lipinski definition) is 5. The normalized spacial score (nSPS) is 23.9. The minimum Gasteiger partial charge on any atom is -0.379 e. The number of rotatable bonds is 4. The van der Waals surface area contributed by atoms with E-state index in [4.69, 9.17) is 10.5 Å². The highest BCUT2D eigenvalue weighted by atomic mass is 35.5. The van der Waals surface area contributed by atoms with Crippen LogP contribution in [0.3, 0.4) is 0 Å². The van der Waals surface area contributed by atoms with Gasteiger partial charge in [0, 0.05) is 31.2 Å². The Labute approximate surface area is 167 Å². The van der Waals surface area contributed by atoms with Crippen molar-refractivity contribution in [3.8, 4) is 0 Å². The third-order valence-corrected chi connectivity index (χ3v) is 7.20. The van der Waals surface area contributed by atoms with E-state index in [9.17, 15) is 13.2 Å². The Hall–Kier alpha value is -1.19. The number of morpholine rings is 1. The standard InChI is InChI=1S/C18H27N3O4S.ClH/c1-13-3-4-16(26(23,24)20-5-7-25-8-6-20)10-17(13)18(22)21-12-15(11-19)9-14(21)2;/h3-4,10,14-15H,5-9,11-12,19H2,1-2H3;1H. The molecule has 0 bridgehead atoms. The Morgan fingerprint density at radius 3 is 2.56 bits per heavy atom. The van der Waals surface area contributed by atoms with Crippen LogP contribution in [0, 0.1) is 12.8 Å². The average Bonchev–Trinajstić information content (AvgIpc) is 3.03. The number of nitrogens with two attached hydrogens (primary N) is 1. The van der Waals surface area contributed by atoms with Crippen molar-refractivity contribution in [1.82, 2.24) is 9.21 Å². The average molecular weight is 418 g/mol. The van der Waals surface area contributed by atoms with Gasteiger partial charge in [0.05, 0.1) is 18.1 Å². The Kier molecular flexibility index (Phi) is 7.27. The van der Waals surface area contributed by atoms with Gasteiger partial charge >= 0.3 is 0 Å². The molecule has 0 saturated carbocycles. The number of nitrogens with zero attached hydrogens (tertiary/aromatic N) is 2. The fourth-order valence-electron chi connectivity index (χ4n) is 3.68. The molecule has 2 unspecified atom stereocenters. The van der Waals surface area contributed by atoms with Crippen molar-refractivity contribution in [2.75, 3.05) is 39.4 Å². The van der Waals surface area contributed by atoms with Crippen molar-refractivity contribution in [1.29, 1.82) is 0 Å². The van der Waals surface area contributed by atoms with Gasteiger partial charge in [0.15, 0.2) is 0 Å². The molecule has 1 amide bonds. The van der Waals surface area contributed by atoms with Gasteiger partial charge in [-0.3, -0.25) is 4.79 Å². The molecule has 2 saturated heterocycles. The van der Waals surface area contributed by atoms with Crippen molar-refractivity contribution in [2.24, 2.45) is 11.7 Å². The molecule has 0 aliphatic carbocycles. The van der Waals surface area contributed by atoms with E-state index in [2.05, 4.69) is 0 Å². The van der Waals surface area contributed by atoms with Crippen LogP contribution in [0.25, 0.3) is 0 Å². The molecule has 2 aliphatic heterocycles. The minimum atomic E-state index is -3.62. The molecule has 2 fully saturated rings. The topological polar surface area (TPSA) is 92.9 Å². The summed E-state index contributed by atoms with van der Waals surface area (Å²) in [5.41, 5.74) is 6.98. The number of sulfonamides is 1. The maximum absolute atomic E-state index is 13.1. The van der Waals surface area contributed by atoms with Crippen LogP contribution in [-0.2, 0) is 14.8 Å². The smallest absolute Gasteiger partial charge is 0.254 e. The second-order valence-electron chi connectivity index (χ2n) is 7.14. The zero-order chi connectivity index (χ0) is 18.9. The van der Waals surface area contributed by atoms with Crippen molar-refractivity contribution in [3.05, 3.63) is 29.3 Å². The van der Waals surface area contributed by atoms with Gasteiger partial charge in [-0.1, -0.05) is 6.07 Å². The lowest BCUT2D eigenvalue weighted by atomic mass is 10.1. The van der Waals surface area contributed by atoms with Crippen molar-refractivity contribution >= 4 is 28.3 Å². The molecular weight excluding hydrogens is 390 g/mol. The Balaban J connectivity index is 0.00000261. The number of amides is 1. The lowest BCUT2D eigenvalue weighted by molar-refractivity contribution is 0.0728. The number of halogens is 1. The summed E-state index contributed by atoms with van der Waals surface area (Å²) in [5, 5.41) is 0. The van der Waals surface area contributed by atoms with Crippen LogP contribution in [0.2, 0.25) is 0 Å². The first kappa shape index (κ1) is 22.1. The van der Waals surface area contributed by atoms with Gasteiger partial charge in [-0.25, -0.2) is 8.42 Å². The number of aryl methyl sites for hydroxylation is 1. The summed E-state index contributed by atoms with van der Waals surface area (Å²) in [5.74, 6) is 0.180. The van der Waals surface area contributed by atoms with Crippen LogP contribution in [0.5, 0.6) is 0 Å². The molecule has 1 aromatic rings. The zero-order valence-corrected chi connectivity index (χ0v) is 17.4. The monoisotopic (exact) mass is 417 g/mol. The van der Waals surface area contributed by atoms with E-state index in [0.29, 0.717) is 50.9 Å². The summed E-state index contributed by atoms with van der Waals surface area (Å²) < 4.78 is 32.4. The van der Waals surface area contributed by atoms with Crippen LogP contribution in [0.15, 0.2) is 23.1 Å². The van der Waals surface area contributed by atoms with Crippen molar-refractivity contribution < 1.29 is 17.9 Å². The van der Waals surface area contributed by atoms with Crippen LogP contribution in [-0.4, -0.2) is 69.0 Å². The molecule has 27 heavy (non-hydrogen) atoms. The molecule has 3 rings (SSSR count). The van der Waals surface area contributed by atoms with Gasteiger partial charge in [-0.2, -0.15) is 4.31 Å². The first-order valence-electron chi connectivity index (χ1n) is 9.04. The minimum absolute atomic E-state index is 0. The molecule has 0 aromatic heterocycles. The highest BCUT2D eigenvalue weighted by molar-refractivity contribution is 7.89. The van der Waals surface area contributed by atoms with Crippen LogP contribution in [0.1, 0.15) is 29.3 Å². The number of benzene rings is 1. The van der Waals surface area contributed by atoms with Gasteiger partial charge < -0.3 is 15.4 Å². The Morgan fingerprint density at radius 2 is 1.96 bits per heavy atom. The van der Waals surface area contributed by atoms with Gasteiger partial charge in [-0.05, 0) is 50.4 Å². The van der Waals surface area contributed by atoms with Gasteiger partial charge in [-0.15, -0.1) is 12.4 Å². The van der Waals surface area contributed by atoms with Crippen LogP contribution >= 0.6 is 12.4 Å². The Morgan fingerprint density at radius 1 is 1.30 bits per heavy atom. The van der Waals surface area contributed by atoms with Gasteiger partial charge in [0.1, 0.15) is 0 Å². The fraction of sp³-hybridized carbons (Fsp3) is 0.611. The van der Waals surface area contributed by atoms with E-state index in [1.807, 2.05) is 18.7 Å². The van der Waals surface area contributed by atoms with E-state index in [1.54, 1.807) is 12.1 Å². The number of hydrogen-bond donors (Lipinski definition) is 1. The molecule has 2 aliphatic rings. The SMILES string of the molecule is Cc1ccc(S(=O)(=O)N2CCOCC2)cc1C(=O)N1CC(CN)CC1C.Cl. The largest absolute Gasteiger partial charge is 0.379 e. The van der Waals surface area contributed by atoms with E-state index < -0.39 is 10.0 Å². The first-order valence-corrected chi connectivity index (χ1v) is 10.5. The predicted molar refractivity (Wildman–Crippen MR) is 106 cm³/mol. The van der Waals surface area contributed by atoms with Crippen LogP contribution < -0.4 is 5.73 Å². The highest BCUT2D eigenvalue weighted by Gasteiger charge is 2.34. The van der Waals surface area contributed by atoms with Gasteiger partial charge in [0.25, 0.3) is 5.91 Å². The second kappa shape index (κ2) is 8.87. The first-order chi connectivity index (χ1) is 12.3. The Bertz CT molecular complexity index is 781. The fourth-order valence-corrected chi connectivity index (χ4v) is 5.11. The number of ether oxygens (including phenoxy) is 1. The molecule has 2 N–H and O–H groups in total. The predicted octanol–water partition coefficient (Wildman–Crippen LogP) is 1.25. The number of likely N-dealkylation sites (tertiary alicyclic amines) is 1. The number of carbonyl (C=O) groups is 1. The van der Waals surface area contributed by atoms with Gasteiger partial charge in [0.2, 0.25) is 10.0 Å². The van der Waals surface area contributed by atoms with E-state index >= 15 is 0 Å². The second-order valence-corrected chi connectivity index (χ2v) is 9.08. The summed E-state index contributed by atoms with van der Waals surface area (Å²) in [6, 6.07) is 4.91. The molecule has 9 heteroatoms. The maximum Gasteiger partial charge on any atom is 0.254 e. The molecule has 2 atom stereocenters. The molecular formula is C18H28ClN3O4S. The quantitative estimate of drug-likeness (QED) is 0.795. The lowest BCUT2D eigenvalue weighted by Gasteiger charge is -2.27. The molecule has 7 nitrogen and oxygen atoms in total. The zero-order valence-electron chi connectivity index (χ0n) is 15.8. The van der Waals surface area contributed by atoms with Crippen molar-refractivity contribution in [3.63, 3.8) is 0 Å². The summed E-state index contributed by atoms with van der Waals surface area (Å²) in [6.45, 7) is 6.47. The number of carbonyl (C=O) groups excluding carboxylic acids is 1. The molecule has 0 spiro atoms. The maximum atomic E-state index is 13.1. The summed E-state index contributed by atoms with van der Waals surface area (Å²) in [6.07, 6.45) is 0.882. The molecule has 2 heterocycles. The summed E-state index contributed by atoms with van der Waals surface area (Å²) >= 11 is 0. The molecule has 0 radical (unpaired) electrons. The summed E-state index contributed by atoms with van der Waals surface area (Å²) in [4.78, 5) is 15.0. The third-order valence-electron chi connectivity index (χ3n) is 5.30. The van der Waals surface area contributed by atoms with E-state index in [-0.39, 0.29) is 29.3 Å². The van der Waals surface area contributed by atoms with E-state index in [1.165, 1.54) is 10.4 Å². The molecule has 1 aromatic carbocycles. The highest BCUT2D eigenvalue weighted by Crippen LogP contribution is 2.27. The van der Waals surface area contributed by atoms with E-state index in [0.717, 1.165) is 12.0 Å². The van der Waals surface area contributed by atoms with Crippen LogP contribution in [0.4, 0.5) is 0 Å². The third kappa shape index (κ3) is 4.46. The summed E-state index contributed by atoms with van der Waals surface area (Å²) in [7, 11) is -3.62. The molecule has 152 valence electrons.